The molecule has 3 aromatic rings. The van der Waals surface area contributed by atoms with Gasteiger partial charge >= 0.3 is 0 Å². The molecule has 1 atom stereocenters. The summed E-state index contributed by atoms with van der Waals surface area (Å²) in [7, 11) is 0. The van der Waals surface area contributed by atoms with Crippen LogP contribution in [0.25, 0.3) is 11.0 Å². The summed E-state index contributed by atoms with van der Waals surface area (Å²) < 4.78 is 0. The van der Waals surface area contributed by atoms with Gasteiger partial charge in [0.2, 0.25) is 11.9 Å². The van der Waals surface area contributed by atoms with Crippen molar-refractivity contribution < 1.29 is 4.79 Å². The van der Waals surface area contributed by atoms with Gasteiger partial charge in [0.25, 0.3) is 0 Å². The maximum absolute atomic E-state index is 13.2. The van der Waals surface area contributed by atoms with Crippen LogP contribution in [0.15, 0.2) is 30.7 Å². The van der Waals surface area contributed by atoms with Gasteiger partial charge in [-0.05, 0) is 49.6 Å². The SMILES string of the molecule is Cc1cc2nccnc2cc1Nc1ncc2c(n1)N(C1CCSC1)C(=O)C21CC1. The molecule has 8 heteroatoms. The molecule has 0 bridgehead atoms. The smallest absolute Gasteiger partial charge is 0.239 e. The zero-order valence-electron chi connectivity index (χ0n) is 16.1. The molecule has 1 aliphatic carbocycles. The predicted molar refractivity (Wildman–Crippen MR) is 114 cm³/mol. The van der Waals surface area contributed by atoms with Crippen molar-refractivity contribution in [2.24, 2.45) is 0 Å². The van der Waals surface area contributed by atoms with E-state index >= 15 is 0 Å². The Morgan fingerprint density at radius 2 is 1.97 bits per heavy atom. The molecule has 6 rings (SSSR count). The summed E-state index contributed by atoms with van der Waals surface area (Å²) in [5.74, 6) is 3.62. The fourth-order valence-corrected chi connectivity index (χ4v) is 5.63. The highest BCUT2D eigenvalue weighted by atomic mass is 32.2. The molecule has 2 fully saturated rings. The number of hydrogen-bond acceptors (Lipinski definition) is 7. The molecule has 29 heavy (non-hydrogen) atoms. The minimum absolute atomic E-state index is 0.226. The summed E-state index contributed by atoms with van der Waals surface area (Å²) >= 11 is 1.91. The van der Waals surface area contributed by atoms with E-state index in [1.165, 1.54) is 0 Å². The summed E-state index contributed by atoms with van der Waals surface area (Å²) in [6.07, 6.45) is 8.08. The van der Waals surface area contributed by atoms with Gasteiger partial charge in [0.05, 0.1) is 16.4 Å². The number of fused-ring (bicyclic) bond motifs is 3. The largest absolute Gasteiger partial charge is 0.324 e. The Balaban J connectivity index is 1.39. The van der Waals surface area contributed by atoms with Gasteiger partial charge in [-0.25, -0.2) is 4.98 Å². The summed E-state index contributed by atoms with van der Waals surface area (Å²) in [4.78, 5) is 33.3. The molecular weight excluding hydrogens is 384 g/mol. The van der Waals surface area contributed by atoms with Crippen LogP contribution < -0.4 is 10.2 Å². The molecular formula is C21H20N6OS. The van der Waals surface area contributed by atoms with Gasteiger partial charge in [-0.3, -0.25) is 19.7 Å². The van der Waals surface area contributed by atoms with E-state index in [-0.39, 0.29) is 17.4 Å². The lowest BCUT2D eigenvalue weighted by Crippen LogP contribution is -2.41. The van der Waals surface area contributed by atoms with E-state index in [0.29, 0.717) is 5.95 Å². The molecule has 0 radical (unpaired) electrons. The summed E-state index contributed by atoms with van der Waals surface area (Å²) in [6, 6.07) is 4.21. The summed E-state index contributed by atoms with van der Waals surface area (Å²) in [6.45, 7) is 2.02. The standard InChI is InChI=1S/C21H20N6OS/c1-12-8-16-17(23-6-5-22-16)9-15(12)25-20-24-10-14-18(26-20)27(13-2-7-29-11-13)19(28)21(14)3-4-21/h5-6,8-10,13H,2-4,7,11H2,1H3,(H,24,25,26). The summed E-state index contributed by atoms with van der Waals surface area (Å²) in [5, 5.41) is 3.33. The number of carbonyl (C=O) groups is 1. The van der Waals surface area contributed by atoms with Crippen molar-refractivity contribution in [2.45, 2.75) is 37.6 Å². The number of aromatic nitrogens is 4. The van der Waals surface area contributed by atoms with Crippen LogP contribution >= 0.6 is 11.8 Å². The molecule has 146 valence electrons. The Morgan fingerprint density at radius 1 is 1.17 bits per heavy atom. The van der Waals surface area contributed by atoms with Crippen molar-refractivity contribution in [3.05, 3.63) is 41.9 Å². The molecule has 4 heterocycles. The Hall–Kier alpha value is -2.74. The van der Waals surface area contributed by atoms with Crippen molar-refractivity contribution in [3.8, 4) is 0 Å². The van der Waals surface area contributed by atoms with Crippen LogP contribution in [-0.2, 0) is 10.2 Å². The van der Waals surface area contributed by atoms with Gasteiger partial charge in [0.1, 0.15) is 5.82 Å². The van der Waals surface area contributed by atoms with E-state index in [1.54, 1.807) is 12.4 Å². The Bertz CT molecular complexity index is 1160. The number of rotatable bonds is 3. The number of aryl methyl sites for hydroxylation is 1. The number of benzene rings is 1. The molecule has 3 aliphatic rings. The predicted octanol–water partition coefficient (Wildman–Crippen LogP) is 3.36. The van der Waals surface area contributed by atoms with Crippen LogP contribution in [0.2, 0.25) is 0 Å². The third kappa shape index (κ3) is 2.55. The highest BCUT2D eigenvalue weighted by Crippen LogP contribution is 2.57. The maximum Gasteiger partial charge on any atom is 0.239 e. The maximum atomic E-state index is 13.2. The number of nitrogens with one attached hydrogen (secondary N) is 1. The first-order chi connectivity index (χ1) is 14.2. The first-order valence-corrected chi connectivity index (χ1v) is 11.1. The minimum atomic E-state index is -0.352. The van der Waals surface area contributed by atoms with Crippen LogP contribution in [0.5, 0.6) is 0 Å². The van der Waals surface area contributed by atoms with E-state index in [9.17, 15) is 4.79 Å². The molecule has 1 spiro atoms. The Morgan fingerprint density at radius 3 is 2.69 bits per heavy atom. The van der Waals surface area contributed by atoms with Crippen LogP contribution in [0, 0.1) is 6.92 Å². The van der Waals surface area contributed by atoms with Crippen LogP contribution in [-0.4, -0.2) is 43.4 Å². The molecule has 1 unspecified atom stereocenters. The fraction of sp³-hybridized carbons (Fsp3) is 0.381. The molecule has 1 saturated heterocycles. The second kappa shape index (κ2) is 6.13. The third-order valence-electron chi connectivity index (χ3n) is 6.22. The van der Waals surface area contributed by atoms with Crippen LogP contribution in [0.4, 0.5) is 17.5 Å². The second-order valence-corrected chi connectivity index (χ2v) is 9.19. The van der Waals surface area contributed by atoms with Gasteiger partial charge in [0.15, 0.2) is 0 Å². The Labute approximate surface area is 172 Å². The van der Waals surface area contributed by atoms with Gasteiger partial charge in [-0.15, -0.1) is 0 Å². The molecule has 1 saturated carbocycles. The quantitative estimate of drug-likeness (QED) is 0.716. The van der Waals surface area contributed by atoms with Crippen LogP contribution in [0.3, 0.4) is 0 Å². The van der Waals surface area contributed by atoms with Gasteiger partial charge in [0, 0.05) is 41.6 Å². The van der Waals surface area contributed by atoms with Gasteiger partial charge < -0.3 is 5.32 Å². The zero-order valence-corrected chi connectivity index (χ0v) is 16.9. The molecule has 1 amide bonds. The third-order valence-corrected chi connectivity index (χ3v) is 7.37. The van der Waals surface area contributed by atoms with E-state index in [1.807, 2.05) is 41.9 Å². The lowest BCUT2D eigenvalue weighted by Gasteiger charge is -2.24. The number of amides is 1. The highest BCUT2D eigenvalue weighted by Gasteiger charge is 2.61. The van der Waals surface area contributed by atoms with Gasteiger partial charge in [-0.1, -0.05) is 0 Å². The topological polar surface area (TPSA) is 83.9 Å². The lowest BCUT2D eigenvalue weighted by molar-refractivity contribution is -0.120. The number of thioether (sulfide) groups is 1. The average Bonchev–Trinajstić information content (AvgIpc) is 3.29. The van der Waals surface area contributed by atoms with E-state index in [2.05, 4.69) is 20.3 Å². The number of anilines is 3. The molecule has 2 aliphatic heterocycles. The van der Waals surface area contributed by atoms with Crippen LogP contribution in [0.1, 0.15) is 30.4 Å². The molecule has 1 aromatic carbocycles. The number of nitrogens with zero attached hydrogens (tertiary/aromatic N) is 5. The van der Waals surface area contributed by atoms with Crippen molar-refractivity contribution in [1.82, 2.24) is 19.9 Å². The van der Waals surface area contributed by atoms with Crippen molar-refractivity contribution in [3.63, 3.8) is 0 Å². The average molecular weight is 404 g/mol. The lowest BCUT2D eigenvalue weighted by atomic mass is 10.0. The van der Waals surface area contributed by atoms with Crippen molar-refractivity contribution >= 4 is 46.2 Å². The second-order valence-electron chi connectivity index (χ2n) is 8.04. The fourth-order valence-electron chi connectivity index (χ4n) is 4.44. The minimum Gasteiger partial charge on any atom is -0.324 e. The van der Waals surface area contributed by atoms with E-state index in [0.717, 1.165) is 64.4 Å². The zero-order chi connectivity index (χ0) is 19.6. The first-order valence-electron chi connectivity index (χ1n) is 9.93. The Kier molecular flexibility index (Phi) is 3.62. The monoisotopic (exact) mass is 404 g/mol. The molecule has 7 nitrogen and oxygen atoms in total. The first kappa shape index (κ1) is 17.1. The van der Waals surface area contributed by atoms with Gasteiger partial charge in [-0.2, -0.15) is 16.7 Å². The van der Waals surface area contributed by atoms with Crippen molar-refractivity contribution in [1.29, 1.82) is 0 Å². The normalized spacial score (nSPS) is 21.8. The highest BCUT2D eigenvalue weighted by molar-refractivity contribution is 7.99. The van der Waals surface area contributed by atoms with E-state index in [4.69, 9.17) is 4.98 Å². The summed E-state index contributed by atoms with van der Waals surface area (Å²) in [5.41, 5.74) is 4.27. The van der Waals surface area contributed by atoms with E-state index < -0.39 is 0 Å². The van der Waals surface area contributed by atoms with Crippen molar-refractivity contribution in [2.75, 3.05) is 21.7 Å². The number of carbonyl (C=O) groups excluding carboxylic acids is 1. The molecule has 1 N–H and O–H groups in total. The number of hydrogen-bond donors (Lipinski definition) is 1. The molecule has 2 aromatic heterocycles.